The van der Waals surface area contributed by atoms with Crippen LogP contribution in [0.25, 0.3) is 0 Å². The largest absolute Gasteiger partial charge is 0.480 e. The van der Waals surface area contributed by atoms with Gasteiger partial charge in [0, 0.05) is 0 Å². The van der Waals surface area contributed by atoms with Gasteiger partial charge in [-0.2, -0.15) is 0 Å². The van der Waals surface area contributed by atoms with Gasteiger partial charge >= 0.3 is 5.97 Å². The first-order valence-electron chi connectivity index (χ1n) is 5.10. The van der Waals surface area contributed by atoms with E-state index in [0.29, 0.717) is 5.56 Å². The number of amides is 1. The molecule has 0 aliphatic rings. The van der Waals surface area contributed by atoms with E-state index in [-0.39, 0.29) is 12.2 Å². The Hall–Kier alpha value is -1.91. The van der Waals surface area contributed by atoms with E-state index >= 15 is 0 Å². The lowest BCUT2D eigenvalue weighted by Crippen LogP contribution is -2.50. The summed E-state index contributed by atoms with van der Waals surface area (Å²) in [5.41, 5.74) is -0.679. The summed E-state index contributed by atoms with van der Waals surface area (Å²) >= 11 is 0. The van der Waals surface area contributed by atoms with Gasteiger partial charge in [-0.1, -0.05) is 12.1 Å². The van der Waals surface area contributed by atoms with E-state index in [1.54, 1.807) is 0 Å². The first kappa shape index (κ1) is 13.2. The van der Waals surface area contributed by atoms with Gasteiger partial charge < -0.3 is 10.4 Å². The van der Waals surface area contributed by atoms with E-state index in [1.807, 2.05) is 0 Å². The topological polar surface area (TPSA) is 66.4 Å². The number of hydrogen-bond acceptors (Lipinski definition) is 2. The molecule has 1 rings (SSSR count). The molecular weight excluding hydrogens is 225 g/mol. The van der Waals surface area contributed by atoms with Crippen molar-refractivity contribution in [2.75, 3.05) is 0 Å². The Kier molecular flexibility index (Phi) is 3.83. The third-order valence-corrected chi connectivity index (χ3v) is 2.26. The molecule has 92 valence electrons. The molecule has 4 nitrogen and oxygen atoms in total. The minimum atomic E-state index is -1.31. The molecule has 0 aliphatic carbocycles. The molecule has 0 spiro atoms. The number of nitrogens with one attached hydrogen (secondary N) is 1. The van der Waals surface area contributed by atoms with Crippen LogP contribution in [0.4, 0.5) is 4.39 Å². The van der Waals surface area contributed by atoms with Crippen molar-refractivity contribution in [3.63, 3.8) is 0 Å². The highest BCUT2D eigenvalue weighted by atomic mass is 19.1. The Labute approximate surface area is 98.5 Å². The zero-order valence-electron chi connectivity index (χ0n) is 9.66. The maximum Gasteiger partial charge on any atom is 0.328 e. The highest BCUT2D eigenvalue weighted by Crippen LogP contribution is 2.06. The third-order valence-electron chi connectivity index (χ3n) is 2.26. The monoisotopic (exact) mass is 239 g/mol. The second-order valence-electron chi connectivity index (χ2n) is 4.28. The fourth-order valence-corrected chi connectivity index (χ4v) is 1.23. The molecule has 2 N–H and O–H groups in total. The number of rotatable bonds is 4. The zero-order chi connectivity index (χ0) is 13.1. The van der Waals surface area contributed by atoms with Crippen molar-refractivity contribution < 1.29 is 19.1 Å². The quantitative estimate of drug-likeness (QED) is 0.833. The number of halogens is 1. The molecule has 0 aliphatic heterocycles. The minimum Gasteiger partial charge on any atom is -0.480 e. The summed E-state index contributed by atoms with van der Waals surface area (Å²) < 4.78 is 12.6. The second kappa shape index (κ2) is 4.95. The van der Waals surface area contributed by atoms with Crippen molar-refractivity contribution in [2.45, 2.75) is 25.8 Å². The van der Waals surface area contributed by atoms with E-state index in [1.165, 1.54) is 38.1 Å². The van der Waals surface area contributed by atoms with Crippen molar-refractivity contribution in [3.05, 3.63) is 35.6 Å². The molecule has 0 atom stereocenters. The van der Waals surface area contributed by atoms with Crippen molar-refractivity contribution in [1.82, 2.24) is 5.32 Å². The van der Waals surface area contributed by atoms with Gasteiger partial charge in [-0.25, -0.2) is 9.18 Å². The summed E-state index contributed by atoms with van der Waals surface area (Å²) in [6, 6.07) is 5.49. The van der Waals surface area contributed by atoms with E-state index in [9.17, 15) is 14.0 Å². The van der Waals surface area contributed by atoms with Gasteiger partial charge in [0.1, 0.15) is 11.4 Å². The summed E-state index contributed by atoms with van der Waals surface area (Å²) in [4.78, 5) is 22.3. The van der Waals surface area contributed by atoms with Gasteiger partial charge in [0.2, 0.25) is 5.91 Å². The smallest absolute Gasteiger partial charge is 0.328 e. The minimum absolute atomic E-state index is 0.0248. The summed E-state index contributed by atoms with van der Waals surface area (Å²) in [7, 11) is 0. The summed E-state index contributed by atoms with van der Waals surface area (Å²) in [5.74, 6) is -1.89. The lowest BCUT2D eigenvalue weighted by atomic mass is 10.1. The Balaban J connectivity index is 2.62. The van der Waals surface area contributed by atoms with Crippen molar-refractivity contribution in [3.8, 4) is 0 Å². The van der Waals surface area contributed by atoms with Crippen LogP contribution >= 0.6 is 0 Å². The Morgan fingerprint density at radius 1 is 1.29 bits per heavy atom. The SMILES string of the molecule is CC(C)(NC(=O)Cc1ccc(F)cc1)C(=O)O. The molecule has 0 radical (unpaired) electrons. The molecule has 0 unspecified atom stereocenters. The van der Waals surface area contributed by atoms with Crippen LogP contribution in [0.1, 0.15) is 19.4 Å². The van der Waals surface area contributed by atoms with Crippen LogP contribution in [0, 0.1) is 5.82 Å². The molecule has 1 aromatic carbocycles. The number of carboxylic acids is 1. The molecule has 5 heteroatoms. The number of aliphatic carboxylic acids is 1. The molecule has 17 heavy (non-hydrogen) atoms. The predicted molar refractivity (Wildman–Crippen MR) is 60.0 cm³/mol. The van der Waals surface area contributed by atoms with Gasteiger partial charge in [-0.15, -0.1) is 0 Å². The number of carbonyl (C=O) groups excluding carboxylic acids is 1. The van der Waals surface area contributed by atoms with E-state index in [2.05, 4.69) is 5.32 Å². The number of benzene rings is 1. The summed E-state index contributed by atoms with van der Waals surface area (Å²) in [5, 5.41) is 11.2. The molecular formula is C12H14FNO3. The van der Waals surface area contributed by atoms with Crippen LogP contribution in [0.2, 0.25) is 0 Å². The average Bonchev–Trinajstić information content (AvgIpc) is 2.20. The lowest BCUT2D eigenvalue weighted by molar-refractivity contribution is -0.145. The predicted octanol–water partition coefficient (Wildman–Crippen LogP) is 1.35. The van der Waals surface area contributed by atoms with Gasteiger partial charge in [0.05, 0.1) is 6.42 Å². The second-order valence-corrected chi connectivity index (χ2v) is 4.28. The molecule has 0 fully saturated rings. The van der Waals surface area contributed by atoms with Crippen LogP contribution in [0.5, 0.6) is 0 Å². The third kappa shape index (κ3) is 3.86. The number of carbonyl (C=O) groups is 2. The van der Waals surface area contributed by atoms with Crippen LogP contribution in [0.15, 0.2) is 24.3 Å². The van der Waals surface area contributed by atoms with Gasteiger partial charge in [-0.3, -0.25) is 4.79 Å². The van der Waals surface area contributed by atoms with Gasteiger partial charge in [0.15, 0.2) is 0 Å². The van der Waals surface area contributed by atoms with Crippen LogP contribution in [-0.2, 0) is 16.0 Å². The fraction of sp³-hybridized carbons (Fsp3) is 0.333. The number of carboxylic acid groups (broad SMARTS) is 1. The average molecular weight is 239 g/mol. The van der Waals surface area contributed by atoms with E-state index in [4.69, 9.17) is 5.11 Å². The molecule has 0 saturated carbocycles. The van der Waals surface area contributed by atoms with Gasteiger partial charge in [0.25, 0.3) is 0 Å². The Bertz CT molecular complexity index is 426. The Morgan fingerprint density at radius 3 is 2.29 bits per heavy atom. The molecule has 0 bridgehead atoms. The maximum atomic E-state index is 12.6. The van der Waals surface area contributed by atoms with Crippen LogP contribution < -0.4 is 5.32 Å². The highest BCUT2D eigenvalue weighted by Gasteiger charge is 2.28. The fourth-order valence-electron chi connectivity index (χ4n) is 1.23. The van der Waals surface area contributed by atoms with E-state index in [0.717, 1.165) is 0 Å². The van der Waals surface area contributed by atoms with Crippen LogP contribution in [0.3, 0.4) is 0 Å². The lowest BCUT2D eigenvalue weighted by Gasteiger charge is -2.20. The Morgan fingerprint density at radius 2 is 1.82 bits per heavy atom. The van der Waals surface area contributed by atoms with Gasteiger partial charge in [-0.05, 0) is 31.5 Å². The summed E-state index contributed by atoms with van der Waals surface area (Å²) in [6.45, 7) is 2.80. The van der Waals surface area contributed by atoms with Crippen molar-refractivity contribution in [2.24, 2.45) is 0 Å². The standard InChI is InChI=1S/C12H14FNO3/c1-12(2,11(16)17)14-10(15)7-8-3-5-9(13)6-4-8/h3-6H,7H2,1-2H3,(H,14,15)(H,16,17). The molecule has 0 aromatic heterocycles. The molecule has 0 heterocycles. The van der Waals surface area contributed by atoms with Crippen molar-refractivity contribution in [1.29, 1.82) is 0 Å². The maximum absolute atomic E-state index is 12.6. The molecule has 1 aromatic rings. The molecule has 1 amide bonds. The van der Waals surface area contributed by atoms with Crippen LogP contribution in [-0.4, -0.2) is 22.5 Å². The zero-order valence-corrected chi connectivity index (χ0v) is 9.66. The molecule has 0 saturated heterocycles. The number of hydrogen-bond donors (Lipinski definition) is 2. The first-order valence-corrected chi connectivity index (χ1v) is 5.10. The summed E-state index contributed by atoms with van der Waals surface area (Å²) in [6.07, 6.45) is 0.0248. The first-order chi connectivity index (χ1) is 7.81. The van der Waals surface area contributed by atoms with Crippen molar-refractivity contribution >= 4 is 11.9 Å². The van der Waals surface area contributed by atoms with E-state index < -0.39 is 17.4 Å². The normalized spacial score (nSPS) is 11.0. The highest BCUT2D eigenvalue weighted by molar-refractivity contribution is 5.87.